The van der Waals surface area contributed by atoms with Crippen molar-refractivity contribution in [2.24, 2.45) is 5.73 Å². The highest BCUT2D eigenvalue weighted by atomic mass is 79.9. The third-order valence-electron chi connectivity index (χ3n) is 5.46. The molecule has 3 aromatic rings. The molecule has 0 spiro atoms. The summed E-state index contributed by atoms with van der Waals surface area (Å²) in [6.45, 7) is 0. The third-order valence-corrected chi connectivity index (χ3v) is 11.8. The summed E-state index contributed by atoms with van der Waals surface area (Å²) in [5.41, 5.74) is -3.49. The van der Waals surface area contributed by atoms with Crippen LogP contribution in [-0.2, 0) is 0 Å². The Morgan fingerprint density at radius 1 is 0.700 bits per heavy atom. The van der Waals surface area contributed by atoms with Crippen molar-refractivity contribution in [3.63, 3.8) is 0 Å². The van der Waals surface area contributed by atoms with Crippen molar-refractivity contribution in [3.05, 3.63) is 90.0 Å². The van der Waals surface area contributed by atoms with Crippen LogP contribution in [-0.4, -0.2) is 34.7 Å². The quantitative estimate of drug-likeness (QED) is 0.269. The van der Waals surface area contributed by atoms with Gasteiger partial charge in [0.05, 0.1) is 11.4 Å². The average Bonchev–Trinajstić information content (AvgIpc) is 2.86. The molecule has 2 amide bonds. The molecule has 0 radical (unpaired) electrons. The first-order valence-corrected chi connectivity index (χ1v) is 14.1. The molecule has 1 atom stereocenters. The van der Waals surface area contributed by atoms with E-state index in [1.807, 2.05) is 0 Å². The molecule has 0 aromatic heterocycles. The monoisotopic (exact) mass is 664 g/mol. The molecule has 3 rings (SSSR count). The molecule has 0 heterocycles. The molecular formula is C24H15BrF10N2O2S. The van der Waals surface area contributed by atoms with Crippen LogP contribution in [0, 0.1) is 0 Å². The Labute approximate surface area is 228 Å². The van der Waals surface area contributed by atoms with Crippen LogP contribution in [0.5, 0.6) is 0 Å². The van der Waals surface area contributed by atoms with Gasteiger partial charge in [0, 0.05) is 16.0 Å². The van der Waals surface area contributed by atoms with Crippen LogP contribution in [0.25, 0.3) is 0 Å². The lowest BCUT2D eigenvalue weighted by Gasteiger charge is -2.48. The number of hydrogen-bond acceptors (Lipinski definition) is 2. The molecule has 16 heteroatoms. The van der Waals surface area contributed by atoms with Gasteiger partial charge >= 0.3 is 22.9 Å². The van der Waals surface area contributed by atoms with E-state index >= 15 is 4.39 Å². The lowest BCUT2D eigenvalue weighted by Crippen LogP contribution is -2.57. The first-order valence-electron chi connectivity index (χ1n) is 10.6. The van der Waals surface area contributed by atoms with Crippen molar-refractivity contribution in [3.8, 4) is 0 Å². The lowest BCUT2D eigenvalue weighted by molar-refractivity contribution is -0.306. The highest BCUT2D eigenvalue weighted by Gasteiger charge is 2.85. The smallest absolute Gasteiger partial charge is 0.366 e. The predicted molar refractivity (Wildman–Crippen MR) is 131 cm³/mol. The van der Waals surface area contributed by atoms with Gasteiger partial charge in [-0.2, -0.15) is 39.5 Å². The number of primary amides is 1. The summed E-state index contributed by atoms with van der Waals surface area (Å²) in [7, 11) is -6.81. The Bertz CT molecular complexity index is 1400. The second-order valence-electron chi connectivity index (χ2n) is 7.96. The lowest BCUT2D eigenvalue weighted by atomic mass is 10.1. The van der Waals surface area contributed by atoms with Gasteiger partial charge in [0.2, 0.25) is 5.91 Å². The fourth-order valence-electron chi connectivity index (χ4n) is 3.67. The third kappa shape index (κ3) is 5.13. The van der Waals surface area contributed by atoms with Crippen LogP contribution in [0.1, 0.15) is 20.7 Å². The molecule has 3 aromatic carbocycles. The maximum absolute atomic E-state index is 15.4. The van der Waals surface area contributed by atoms with E-state index in [0.717, 1.165) is 30.3 Å². The first-order chi connectivity index (χ1) is 18.3. The zero-order chi connectivity index (χ0) is 30.3. The number of nitrogens with zero attached hydrogens (tertiary/aromatic N) is 1. The van der Waals surface area contributed by atoms with Gasteiger partial charge in [-0.15, -0.1) is 0 Å². The summed E-state index contributed by atoms with van der Waals surface area (Å²) < 4.78 is 142. The number of carbonyl (C=O) groups excluding carboxylic acids is 2. The Kier molecular flexibility index (Phi) is 8.29. The Hall–Kier alpha value is -3.27. The number of benzene rings is 3. The molecule has 0 aliphatic carbocycles. The molecule has 4 nitrogen and oxygen atoms in total. The van der Waals surface area contributed by atoms with E-state index < -0.39 is 59.4 Å². The maximum atomic E-state index is 15.4. The molecule has 216 valence electrons. The van der Waals surface area contributed by atoms with Crippen molar-refractivity contribution in [1.29, 1.82) is 0 Å². The van der Waals surface area contributed by atoms with Gasteiger partial charge in [0.15, 0.2) is 0 Å². The second-order valence-corrected chi connectivity index (χ2v) is 13.4. The number of alkyl halides is 10. The maximum Gasteiger partial charge on any atom is 0.441 e. The minimum Gasteiger partial charge on any atom is -0.366 e. The zero-order valence-corrected chi connectivity index (χ0v) is 21.8. The Morgan fingerprint density at radius 2 is 1.20 bits per heavy atom. The number of anilines is 2. The van der Waals surface area contributed by atoms with Gasteiger partial charge in [-0.05, 0) is 65.7 Å². The molecule has 0 aliphatic rings. The van der Waals surface area contributed by atoms with Crippen molar-refractivity contribution >= 4 is 46.5 Å². The largest absolute Gasteiger partial charge is 0.441 e. The molecule has 40 heavy (non-hydrogen) atoms. The minimum atomic E-state index is -7.12. The van der Waals surface area contributed by atoms with Crippen LogP contribution < -0.4 is 10.6 Å². The summed E-state index contributed by atoms with van der Waals surface area (Å²) in [5, 5.41) is -6.86. The highest BCUT2D eigenvalue weighted by molar-refractivity contribution is 9.58. The fraction of sp³-hybridized carbons (Fsp3) is 0.167. The van der Waals surface area contributed by atoms with E-state index in [2.05, 4.69) is 0 Å². The number of hydrogen-bond donors (Lipinski definition) is 1. The van der Waals surface area contributed by atoms with Gasteiger partial charge in [0.1, 0.15) is 0 Å². The Balaban J connectivity index is 2.50. The summed E-state index contributed by atoms with van der Waals surface area (Å²) in [4.78, 5) is 23.8. The molecule has 2 N–H and O–H groups in total. The van der Waals surface area contributed by atoms with E-state index in [0.29, 0.717) is 17.0 Å². The van der Waals surface area contributed by atoms with Crippen molar-refractivity contribution in [2.45, 2.75) is 27.8 Å². The van der Waals surface area contributed by atoms with E-state index in [-0.39, 0.29) is 17.2 Å². The van der Waals surface area contributed by atoms with Crippen LogP contribution in [0.3, 0.4) is 0 Å². The van der Waals surface area contributed by atoms with Gasteiger partial charge < -0.3 is 5.73 Å². The minimum absolute atomic E-state index is 0.210. The van der Waals surface area contributed by atoms with Crippen LogP contribution in [0.2, 0.25) is 0 Å². The first kappa shape index (κ1) is 31.3. The zero-order valence-electron chi connectivity index (χ0n) is 19.4. The number of para-hydroxylation sites is 1. The number of nitrogens with two attached hydrogens (primary N) is 1. The SMILES string of the molecule is NC(=O)c1cccc(N(C(=O)c2ccccc2)c2ccccc2S(Br)(C(F)(F)F)C(F)(C(F)(F)F)C(F)(F)F)c1. The normalized spacial score (nSPS) is 15.2. The van der Waals surface area contributed by atoms with Crippen LogP contribution >= 0.6 is 23.3 Å². The van der Waals surface area contributed by atoms with Crippen molar-refractivity contribution in [2.75, 3.05) is 4.90 Å². The fourth-order valence-corrected chi connectivity index (χ4v) is 7.81. The highest BCUT2D eigenvalue weighted by Crippen LogP contribution is 2.86. The number of halogens is 11. The van der Waals surface area contributed by atoms with E-state index in [9.17, 15) is 49.1 Å². The molecule has 0 saturated heterocycles. The van der Waals surface area contributed by atoms with Gasteiger partial charge in [-0.25, -0.2) is 4.39 Å². The van der Waals surface area contributed by atoms with Crippen LogP contribution in [0.4, 0.5) is 55.3 Å². The number of carbonyl (C=O) groups is 2. The number of rotatable bonds is 6. The predicted octanol–water partition coefficient (Wildman–Crippen LogP) is 8.55. The number of amides is 2. The topological polar surface area (TPSA) is 63.4 Å². The van der Waals surface area contributed by atoms with E-state index in [4.69, 9.17) is 5.73 Å². The van der Waals surface area contributed by atoms with E-state index in [1.54, 1.807) is 14.8 Å². The standard InChI is InChI=1S/C24H15BrF10N2O2S/c25-40(24(33,34)35,21(26,22(27,28)29)23(30,31)32)18-12-5-4-11-17(18)37(20(39)14-7-2-1-3-8-14)16-10-6-9-15(13-16)19(36)38/h1-13H,(H2,36,38). The molecule has 1 unspecified atom stereocenters. The summed E-state index contributed by atoms with van der Waals surface area (Å²) in [6.07, 6.45) is -14.2. The summed E-state index contributed by atoms with van der Waals surface area (Å²) in [6, 6.07) is 13.0. The average molecular weight is 665 g/mol. The summed E-state index contributed by atoms with van der Waals surface area (Å²) >= 11 is 1.57. The van der Waals surface area contributed by atoms with Gasteiger partial charge in [-0.1, -0.05) is 36.4 Å². The molecule has 0 fully saturated rings. The molecule has 0 saturated carbocycles. The van der Waals surface area contributed by atoms with Gasteiger partial charge in [0.25, 0.3) is 5.91 Å². The van der Waals surface area contributed by atoms with E-state index in [1.165, 1.54) is 30.3 Å². The van der Waals surface area contributed by atoms with Gasteiger partial charge in [-0.3, -0.25) is 14.5 Å². The Morgan fingerprint density at radius 3 is 1.70 bits per heavy atom. The molecular weight excluding hydrogens is 650 g/mol. The van der Waals surface area contributed by atoms with Crippen molar-refractivity contribution in [1.82, 2.24) is 0 Å². The molecule has 0 aliphatic heterocycles. The second kappa shape index (κ2) is 10.6. The molecule has 0 bridgehead atoms. The summed E-state index contributed by atoms with van der Waals surface area (Å²) in [5.74, 6) is -2.30. The van der Waals surface area contributed by atoms with Crippen molar-refractivity contribution < 1.29 is 53.5 Å². The van der Waals surface area contributed by atoms with Crippen LogP contribution in [0.15, 0.2) is 83.8 Å².